The molecule has 0 aliphatic rings. The summed E-state index contributed by atoms with van der Waals surface area (Å²) in [6.07, 6.45) is 0. The summed E-state index contributed by atoms with van der Waals surface area (Å²) in [7, 11) is 0. The molecule has 3 nitrogen and oxygen atoms in total. The van der Waals surface area contributed by atoms with E-state index in [1.807, 2.05) is 0 Å². The number of aromatic nitrogens is 3. The van der Waals surface area contributed by atoms with Gasteiger partial charge in [-0.3, -0.25) is 0 Å². The van der Waals surface area contributed by atoms with Crippen LogP contribution in [0.15, 0.2) is 152 Å². The number of rotatable bonds is 3. The smallest absolute Gasteiger partial charge is 0.165 e. The lowest BCUT2D eigenvalue weighted by Crippen LogP contribution is -2.01. The normalized spacial score (nSPS) is 11.8. The molecular formula is C43H25N3S. The van der Waals surface area contributed by atoms with Crippen molar-refractivity contribution in [1.29, 1.82) is 0 Å². The molecule has 2 heterocycles. The molecule has 0 saturated heterocycles. The van der Waals surface area contributed by atoms with Gasteiger partial charge in [0.2, 0.25) is 0 Å². The second kappa shape index (κ2) is 10.3. The van der Waals surface area contributed by atoms with Crippen LogP contribution in [0.2, 0.25) is 0 Å². The van der Waals surface area contributed by atoms with Gasteiger partial charge in [-0.2, -0.15) is 0 Å². The lowest BCUT2D eigenvalue weighted by atomic mass is 9.92. The molecule has 0 bridgehead atoms. The van der Waals surface area contributed by atoms with Crippen LogP contribution in [0.5, 0.6) is 0 Å². The van der Waals surface area contributed by atoms with Gasteiger partial charge in [-0.25, -0.2) is 15.0 Å². The van der Waals surface area contributed by atoms with Gasteiger partial charge in [0.1, 0.15) is 0 Å². The van der Waals surface area contributed by atoms with Gasteiger partial charge in [0, 0.05) is 42.2 Å². The Balaban J connectivity index is 1.32. The van der Waals surface area contributed by atoms with Gasteiger partial charge in [-0.05, 0) is 62.0 Å². The van der Waals surface area contributed by atoms with Crippen molar-refractivity contribution in [2.45, 2.75) is 0 Å². The van der Waals surface area contributed by atoms with E-state index in [1.54, 1.807) is 11.3 Å². The molecule has 10 rings (SSSR count). The van der Waals surface area contributed by atoms with Crippen LogP contribution in [-0.2, 0) is 0 Å². The minimum Gasteiger partial charge on any atom is -0.208 e. The molecule has 2 aromatic heterocycles. The second-order valence-electron chi connectivity index (χ2n) is 12.0. The number of hydrogen-bond donors (Lipinski definition) is 0. The molecule has 0 aliphatic heterocycles. The Bertz CT molecular complexity index is 2870. The first kappa shape index (κ1) is 26.3. The van der Waals surface area contributed by atoms with Crippen molar-refractivity contribution in [3.63, 3.8) is 0 Å². The van der Waals surface area contributed by atoms with Crippen molar-refractivity contribution in [3.8, 4) is 34.2 Å². The minimum atomic E-state index is 0.662. The number of thiophene rings is 1. The largest absolute Gasteiger partial charge is 0.208 e. The Kier molecular flexibility index (Phi) is 5.74. The Morgan fingerprint density at radius 3 is 1.87 bits per heavy atom. The first-order chi connectivity index (χ1) is 23.3. The van der Waals surface area contributed by atoms with Crippen LogP contribution in [0.4, 0.5) is 0 Å². The Morgan fingerprint density at radius 2 is 1.00 bits per heavy atom. The Labute approximate surface area is 274 Å². The van der Waals surface area contributed by atoms with Gasteiger partial charge >= 0.3 is 0 Å². The van der Waals surface area contributed by atoms with E-state index in [4.69, 9.17) is 15.0 Å². The lowest BCUT2D eigenvalue weighted by molar-refractivity contribution is 1.08. The fourth-order valence-electron chi connectivity index (χ4n) is 7.06. The molecule has 0 radical (unpaired) electrons. The molecule has 0 amide bonds. The molecule has 10 aromatic rings. The zero-order valence-corrected chi connectivity index (χ0v) is 26.0. The van der Waals surface area contributed by atoms with Gasteiger partial charge in [-0.15, -0.1) is 11.3 Å². The molecule has 0 fully saturated rings. The fraction of sp³-hybridized carbons (Fsp3) is 0. The Hall–Kier alpha value is -5.97. The molecule has 0 atom stereocenters. The standard InChI is InChI=1S/C43H25N3S/c1-2-12-28-24-30(21-20-26(28)10-1)41-44-42(36-18-9-17-35-33-16-7-8-19-38(33)47-40(35)36)46-43(45-41)37-25-29-13-4-5-14-31(29)34-23-22-27-11-3-6-15-32(27)39(34)37/h1-25H. The fourth-order valence-corrected chi connectivity index (χ4v) is 8.27. The molecule has 0 aliphatic carbocycles. The summed E-state index contributed by atoms with van der Waals surface area (Å²) in [5.74, 6) is 2.01. The number of hydrogen-bond acceptors (Lipinski definition) is 4. The maximum atomic E-state index is 5.33. The van der Waals surface area contributed by atoms with Gasteiger partial charge in [-0.1, -0.05) is 127 Å². The van der Waals surface area contributed by atoms with Crippen molar-refractivity contribution in [1.82, 2.24) is 15.0 Å². The predicted octanol–water partition coefficient (Wildman–Crippen LogP) is 11.9. The second-order valence-corrected chi connectivity index (χ2v) is 13.1. The number of benzene rings is 8. The van der Waals surface area contributed by atoms with E-state index in [9.17, 15) is 0 Å². The molecule has 47 heavy (non-hydrogen) atoms. The average molecular weight is 616 g/mol. The van der Waals surface area contributed by atoms with Crippen LogP contribution in [0.25, 0.3) is 97.4 Å². The summed E-state index contributed by atoms with van der Waals surface area (Å²) in [6, 6.07) is 53.9. The van der Waals surface area contributed by atoms with Crippen LogP contribution in [-0.4, -0.2) is 15.0 Å². The summed E-state index contributed by atoms with van der Waals surface area (Å²) in [6.45, 7) is 0. The van der Waals surface area contributed by atoms with Crippen LogP contribution in [0.1, 0.15) is 0 Å². The summed E-state index contributed by atoms with van der Waals surface area (Å²) in [4.78, 5) is 15.8. The highest BCUT2D eigenvalue weighted by Gasteiger charge is 2.19. The summed E-state index contributed by atoms with van der Waals surface area (Å²) in [5.41, 5.74) is 2.99. The summed E-state index contributed by atoms with van der Waals surface area (Å²) < 4.78 is 2.44. The highest BCUT2D eigenvalue weighted by molar-refractivity contribution is 7.26. The van der Waals surface area contributed by atoms with Gasteiger partial charge in [0.05, 0.1) is 0 Å². The molecule has 4 heteroatoms. The van der Waals surface area contributed by atoms with Crippen LogP contribution < -0.4 is 0 Å². The number of nitrogens with zero attached hydrogens (tertiary/aromatic N) is 3. The lowest BCUT2D eigenvalue weighted by Gasteiger charge is -2.14. The van der Waals surface area contributed by atoms with Gasteiger partial charge in [0.15, 0.2) is 17.5 Å². The van der Waals surface area contributed by atoms with Crippen LogP contribution in [0, 0.1) is 0 Å². The van der Waals surface area contributed by atoms with E-state index in [0.29, 0.717) is 17.5 Å². The van der Waals surface area contributed by atoms with E-state index >= 15 is 0 Å². The highest BCUT2D eigenvalue weighted by Crippen LogP contribution is 2.42. The van der Waals surface area contributed by atoms with Crippen molar-refractivity contribution < 1.29 is 0 Å². The molecular weight excluding hydrogens is 591 g/mol. The maximum absolute atomic E-state index is 5.33. The van der Waals surface area contributed by atoms with Crippen LogP contribution >= 0.6 is 11.3 Å². The summed E-state index contributed by atoms with van der Waals surface area (Å²) >= 11 is 1.79. The monoisotopic (exact) mass is 615 g/mol. The van der Waals surface area contributed by atoms with Crippen LogP contribution in [0.3, 0.4) is 0 Å². The molecule has 0 unspecified atom stereocenters. The van der Waals surface area contributed by atoms with Crippen molar-refractivity contribution >= 4 is 74.6 Å². The van der Waals surface area contributed by atoms with E-state index in [-0.39, 0.29) is 0 Å². The molecule has 0 spiro atoms. The van der Waals surface area contributed by atoms with Crippen molar-refractivity contribution in [2.75, 3.05) is 0 Å². The zero-order valence-electron chi connectivity index (χ0n) is 25.2. The first-order valence-corrected chi connectivity index (χ1v) is 16.6. The maximum Gasteiger partial charge on any atom is 0.165 e. The third-order valence-electron chi connectivity index (χ3n) is 9.28. The summed E-state index contributed by atoms with van der Waals surface area (Å²) in [5, 5.41) is 11.9. The molecule has 0 saturated carbocycles. The molecule has 0 N–H and O–H groups in total. The Morgan fingerprint density at radius 1 is 0.362 bits per heavy atom. The SMILES string of the molecule is c1ccc2cc(-c3nc(-c4cccc5c4sc4ccccc45)nc(-c4cc5ccccc5c5ccc6ccccc6c45)n3)ccc2c1. The third-order valence-corrected chi connectivity index (χ3v) is 10.5. The quantitative estimate of drug-likeness (QED) is 0.186. The molecule has 218 valence electrons. The minimum absolute atomic E-state index is 0.662. The predicted molar refractivity (Wildman–Crippen MR) is 199 cm³/mol. The van der Waals surface area contributed by atoms with E-state index in [0.717, 1.165) is 32.8 Å². The van der Waals surface area contributed by atoms with E-state index < -0.39 is 0 Å². The number of fused-ring (bicyclic) bond motifs is 9. The zero-order chi connectivity index (χ0) is 30.9. The van der Waals surface area contributed by atoms with Gasteiger partial charge in [0.25, 0.3) is 0 Å². The third kappa shape index (κ3) is 4.16. The average Bonchev–Trinajstić information content (AvgIpc) is 3.53. The topological polar surface area (TPSA) is 38.7 Å². The van der Waals surface area contributed by atoms with Gasteiger partial charge < -0.3 is 0 Å². The van der Waals surface area contributed by atoms with E-state index in [1.165, 1.54) is 47.1 Å². The highest BCUT2D eigenvalue weighted by atomic mass is 32.1. The van der Waals surface area contributed by atoms with Crippen molar-refractivity contribution in [2.24, 2.45) is 0 Å². The molecule has 8 aromatic carbocycles. The first-order valence-electron chi connectivity index (χ1n) is 15.8. The van der Waals surface area contributed by atoms with E-state index in [2.05, 4.69) is 152 Å². The van der Waals surface area contributed by atoms with Crippen molar-refractivity contribution in [3.05, 3.63) is 152 Å².